The van der Waals surface area contributed by atoms with Crippen LogP contribution in [0.25, 0.3) is 0 Å². The molecule has 2 aliphatic rings. The Kier molecular flexibility index (Phi) is 7.03. The van der Waals surface area contributed by atoms with Gasteiger partial charge in [0.05, 0.1) is 18.8 Å². The van der Waals surface area contributed by atoms with Crippen molar-refractivity contribution >= 4 is 11.6 Å². The molecule has 0 radical (unpaired) electrons. The minimum absolute atomic E-state index is 0.0250. The first-order valence-corrected chi connectivity index (χ1v) is 11.6. The quantitative estimate of drug-likeness (QED) is 0.547. The average molecular weight is 468 g/mol. The largest absolute Gasteiger partial charge is 0.493 e. The molecule has 174 valence electrons. The second-order valence-corrected chi connectivity index (χ2v) is 9.53. The first-order valence-electron chi connectivity index (χ1n) is 11.2. The van der Waals surface area contributed by atoms with Crippen LogP contribution in [0, 0.1) is 5.92 Å². The van der Waals surface area contributed by atoms with Crippen molar-refractivity contribution in [2.75, 3.05) is 26.3 Å². The summed E-state index contributed by atoms with van der Waals surface area (Å²) in [5.41, 5.74) is 0.705. The zero-order chi connectivity index (χ0) is 22.8. The van der Waals surface area contributed by atoms with E-state index >= 15 is 0 Å². The van der Waals surface area contributed by atoms with E-state index in [4.69, 9.17) is 16.3 Å². The average Bonchev–Trinajstić information content (AvgIpc) is 2.75. The molecule has 2 aromatic carbocycles. The van der Waals surface area contributed by atoms with Gasteiger partial charge in [-0.15, -0.1) is 0 Å². The highest BCUT2D eigenvalue weighted by molar-refractivity contribution is 6.30. The van der Waals surface area contributed by atoms with E-state index in [0.29, 0.717) is 12.4 Å². The Balaban J connectivity index is 1.41. The predicted octanol–water partition coefficient (Wildman–Crippen LogP) is 5.93. The molecule has 32 heavy (non-hydrogen) atoms. The van der Waals surface area contributed by atoms with Crippen LogP contribution in [0.4, 0.5) is 13.2 Å². The number of halogens is 4. The Labute approximate surface area is 192 Å². The van der Waals surface area contributed by atoms with Gasteiger partial charge in [0.15, 0.2) is 0 Å². The zero-order valence-corrected chi connectivity index (χ0v) is 18.7. The summed E-state index contributed by atoms with van der Waals surface area (Å²) in [7, 11) is 0. The van der Waals surface area contributed by atoms with E-state index < -0.39 is 11.7 Å². The van der Waals surface area contributed by atoms with Crippen LogP contribution in [-0.4, -0.2) is 42.4 Å². The van der Waals surface area contributed by atoms with Crippen molar-refractivity contribution in [3.8, 4) is 5.75 Å². The van der Waals surface area contributed by atoms with Crippen molar-refractivity contribution in [1.29, 1.82) is 0 Å². The van der Waals surface area contributed by atoms with Gasteiger partial charge in [-0.25, -0.2) is 0 Å². The summed E-state index contributed by atoms with van der Waals surface area (Å²) < 4.78 is 44.1. The van der Waals surface area contributed by atoms with Gasteiger partial charge in [-0.2, -0.15) is 13.2 Å². The second kappa shape index (κ2) is 9.62. The summed E-state index contributed by atoms with van der Waals surface area (Å²) in [4.78, 5) is 2.39. The molecule has 7 heteroatoms. The maximum absolute atomic E-state index is 12.8. The number of ether oxygens (including phenoxy) is 1. The van der Waals surface area contributed by atoms with Crippen LogP contribution in [-0.2, 0) is 11.6 Å². The van der Waals surface area contributed by atoms with Crippen molar-refractivity contribution in [3.63, 3.8) is 0 Å². The number of nitrogens with zero attached hydrogens (tertiary/aromatic N) is 1. The van der Waals surface area contributed by atoms with E-state index in [1.807, 2.05) is 12.1 Å². The molecule has 0 bridgehead atoms. The van der Waals surface area contributed by atoms with Crippen LogP contribution in [0.15, 0.2) is 48.5 Å². The Morgan fingerprint density at radius 2 is 1.72 bits per heavy atom. The minimum Gasteiger partial charge on any atom is -0.493 e. The molecule has 0 unspecified atom stereocenters. The molecule has 1 heterocycles. The third-order valence-corrected chi connectivity index (χ3v) is 7.39. The van der Waals surface area contributed by atoms with Crippen LogP contribution in [0.3, 0.4) is 0 Å². The lowest BCUT2D eigenvalue weighted by Gasteiger charge is -2.50. The number of likely N-dealkylation sites (tertiary alicyclic amines) is 1. The number of hydrogen-bond donors (Lipinski definition) is 1. The summed E-state index contributed by atoms with van der Waals surface area (Å²) >= 11 is 6.08. The molecule has 1 saturated carbocycles. The lowest BCUT2D eigenvalue weighted by molar-refractivity contribution is -0.137. The summed E-state index contributed by atoms with van der Waals surface area (Å²) in [6.45, 7) is 2.23. The molecule has 1 saturated heterocycles. The van der Waals surface area contributed by atoms with Gasteiger partial charge in [0.2, 0.25) is 0 Å². The number of piperidine rings is 1. The van der Waals surface area contributed by atoms with E-state index in [0.717, 1.165) is 55.9 Å². The zero-order valence-electron chi connectivity index (χ0n) is 18.0. The van der Waals surface area contributed by atoms with Gasteiger partial charge < -0.3 is 9.84 Å². The van der Waals surface area contributed by atoms with Crippen LogP contribution in [0.5, 0.6) is 5.75 Å². The molecular formula is C25H29ClF3NO2. The lowest BCUT2D eigenvalue weighted by atomic mass is 9.63. The van der Waals surface area contributed by atoms with Crippen LogP contribution < -0.4 is 4.74 Å². The molecule has 2 fully saturated rings. The second-order valence-electron chi connectivity index (χ2n) is 9.10. The minimum atomic E-state index is -4.36. The topological polar surface area (TPSA) is 32.7 Å². The van der Waals surface area contributed by atoms with E-state index in [1.54, 1.807) is 0 Å². The molecule has 0 amide bonds. The molecule has 3 nitrogen and oxygen atoms in total. The maximum Gasteiger partial charge on any atom is 0.416 e. The fourth-order valence-corrected chi connectivity index (χ4v) is 5.27. The smallest absolute Gasteiger partial charge is 0.416 e. The van der Waals surface area contributed by atoms with Gasteiger partial charge in [0, 0.05) is 28.9 Å². The molecule has 2 aromatic rings. The van der Waals surface area contributed by atoms with Gasteiger partial charge >= 0.3 is 6.18 Å². The number of alkyl halides is 3. The van der Waals surface area contributed by atoms with Crippen molar-refractivity contribution < 1.29 is 23.0 Å². The van der Waals surface area contributed by atoms with Gasteiger partial charge in [-0.05, 0) is 74.2 Å². The molecule has 1 aliphatic carbocycles. The summed E-state index contributed by atoms with van der Waals surface area (Å²) in [6, 6.07) is 12.9. The highest BCUT2D eigenvalue weighted by atomic mass is 35.5. The van der Waals surface area contributed by atoms with Gasteiger partial charge in [0.25, 0.3) is 0 Å². The van der Waals surface area contributed by atoms with E-state index in [2.05, 4.69) is 17.0 Å². The number of aliphatic hydroxyl groups excluding tert-OH is 1. The number of rotatable bonds is 7. The monoisotopic (exact) mass is 467 g/mol. The van der Waals surface area contributed by atoms with E-state index in [1.165, 1.54) is 24.1 Å². The summed E-state index contributed by atoms with van der Waals surface area (Å²) in [5, 5.41) is 10.9. The Bertz CT molecular complexity index is 882. The first-order chi connectivity index (χ1) is 15.3. The molecule has 0 spiro atoms. The van der Waals surface area contributed by atoms with Crippen molar-refractivity contribution in [2.45, 2.75) is 49.7 Å². The Hall–Kier alpha value is -1.76. The SMILES string of the molecule is OC[C@@H]1[C@H](COc2ccc(C(F)(F)F)cc2)CCCN1CC1(c2ccc(Cl)cc2)CCC1. The number of aliphatic hydroxyl groups is 1. The Morgan fingerprint density at radius 1 is 1.03 bits per heavy atom. The van der Waals surface area contributed by atoms with Crippen LogP contribution in [0.2, 0.25) is 5.02 Å². The van der Waals surface area contributed by atoms with Crippen molar-refractivity contribution in [2.24, 2.45) is 5.92 Å². The number of benzene rings is 2. The molecule has 1 aliphatic heterocycles. The molecular weight excluding hydrogens is 439 g/mol. The summed E-state index contributed by atoms with van der Waals surface area (Å²) in [6.07, 6.45) is 1.02. The van der Waals surface area contributed by atoms with Crippen molar-refractivity contribution in [3.05, 3.63) is 64.7 Å². The van der Waals surface area contributed by atoms with Gasteiger partial charge in [-0.3, -0.25) is 4.90 Å². The maximum atomic E-state index is 12.8. The molecule has 4 rings (SSSR count). The third-order valence-electron chi connectivity index (χ3n) is 7.14. The Morgan fingerprint density at radius 3 is 2.28 bits per heavy atom. The normalized spacial score (nSPS) is 23.5. The molecule has 2 atom stereocenters. The highest BCUT2D eigenvalue weighted by Gasteiger charge is 2.43. The van der Waals surface area contributed by atoms with Gasteiger partial charge in [0.1, 0.15) is 5.75 Å². The summed E-state index contributed by atoms with van der Waals surface area (Å²) in [5.74, 6) is 0.543. The first kappa shape index (κ1) is 23.4. The van der Waals surface area contributed by atoms with E-state index in [9.17, 15) is 18.3 Å². The fourth-order valence-electron chi connectivity index (χ4n) is 5.15. The van der Waals surface area contributed by atoms with Crippen LogP contribution >= 0.6 is 11.6 Å². The van der Waals surface area contributed by atoms with Crippen molar-refractivity contribution in [1.82, 2.24) is 4.90 Å². The molecule has 0 aromatic heterocycles. The fraction of sp³-hybridized carbons (Fsp3) is 0.520. The molecule has 1 N–H and O–H groups in total. The number of hydrogen-bond acceptors (Lipinski definition) is 3. The van der Waals surface area contributed by atoms with Crippen LogP contribution in [0.1, 0.15) is 43.2 Å². The van der Waals surface area contributed by atoms with Gasteiger partial charge in [-0.1, -0.05) is 30.2 Å². The lowest BCUT2D eigenvalue weighted by Crippen LogP contribution is -2.55. The van der Waals surface area contributed by atoms with E-state index in [-0.39, 0.29) is 24.0 Å². The standard InChI is InChI=1S/C25H29ClF3NO2/c26-21-8-4-19(5-9-21)24(12-2-13-24)17-30-14-1-3-18(23(30)15-31)16-32-22-10-6-20(7-11-22)25(27,28)29/h4-11,18,23,31H,1-3,12-17H2/t18-,23+/m0/s1. The highest BCUT2D eigenvalue weighted by Crippen LogP contribution is 2.45. The third kappa shape index (κ3) is 5.08. The predicted molar refractivity (Wildman–Crippen MR) is 119 cm³/mol.